The van der Waals surface area contributed by atoms with Gasteiger partial charge in [-0.25, -0.2) is 0 Å². The minimum absolute atomic E-state index is 1.04. The summed E-state index contributed by atoms with van der Waals surface area (Å²) in [6.07, 6.45) is 4.30. The first kappa shape index (κ1) is 20.4. The number of hydrogen-bond donors (Lipinski definition) is 4. The Labute approximate surface area is 207 Å². The summed E-state index contributed by atoms with van der Waals surface area (Å²) in [5.74, 6) is 0. The molecule has 4 heteroatoms. The average molecular weight is 465 g/mol. The zero-order valence-corrected chi connectivity index (χ0v) is 19.5. The van der Waals surface area contributed by atoms with Crippen LogP contribution in [-0.2, 0) is 0 Å². The van der Waals surface area contributed by atoms with E-state index in [4.69, 9.17) is 0 Å². The molecule has 172 valence electrons. The maximum Gasteiger partial charge on any atom is 0.0485 e. The van der Waals surface area contributed by atoms with Crippen LogP contribution in [0.5, 0.6) is 0 Å². The van der Waals surface area contributed by atoms with Crippen molar-refractivity contribution in [3.8, 4) is 0 Å². The van der Waals surface area contributed by atoms with E-state index >= 15 is 0 Å². The minimum atomic E-state index is 1.04. The van der Waals surface area contributed by atoms with E-state index in [1.807, 2.05) is 12.1 Å². The van der Waals surface area contributed by atoms with Crippen LogP contribution in [0.25, 0.3) is 23.3 Å². The Morgan fingerprint density at radius 3 is 1.25 bits per heavy atom. The van der Waals surface area contributed by atoms with Crippen LogP contribution in [0.1, 0.15) is 33.9 Å². The first-order chi connectivity index (χ1) is 17.8. The second kappa shape index (κ2) is 8.36. The van der Waals surface area contributed by atoms with Crippen LogP contribution in [-0.4, -0.2) is 19.9 Å². The van der Waals surface area contributed by atoms with Gasteiger partial charge in [0.15, 0.2) is 0 Å². The van der Waals surface area contributed by atoms with Gasteiger partial charge in [0.1, 0.15) is 0 Å². The largest absolute Gasteiger partial charge is 0.355 e. The fourth-order valence-corrected chi connectivity index (χ4v) is 5.02. The maximum atomic E-state index is 3.63. The average Bonchev–Trinajstić information content (AvgIpc) is 3.72. The molecular weight excluding hydrogens is 440 g/mol. The monoisotopic (exact) mass is 464 g/mol. The van der Waals surface area contributed by atoms with E-state index < -0.39 is 0 Å². The van der Waals surface area contributed by atoms with Gasteiger partial charge in [0.25, 0.3) is 0 Å². The molecule has 2 aromatic carbocycles. The highest BCUT2D eigenvalue weighted by Gasteiger charge is 2.11. The first-order valence-corrected chi connectivity index (χ1v) is 12.1. The lowest BCUT2D eigenvalue weighted by Crippen LogP contribution is -2.15. The van der Waals surface area contributed by atoms with E-state index in [9.17, 15) is 0 Å². The van der Waals surface area contributed by atoms with E-state index in [1.165, 1.54) is 0 Å². The standard InChI is InChI=1S/C32H24N4/c1-3-7-21(8-4-1)31-27-15-11-23(33-27)19-25-13-17-29(35-25)32(22-9-5-2-6-10-22)30-18-14-26(36-30)20-24-12-16-28(31)34-24/h1-20,33-36H/b23-19-,24-20?,25-19?,26-20-,31-27-,31-28?,32-29?,32-30-. The lowest BCUT2D eigenvalue weighted by Gasteiger charge is -2.06. The molecule has 0 spiro atoms. The SMILES string of the molecule is C1=c2/cc/c([nH]2)=C(\c2ccccc2)c2ccc([nH]2)/C=c2/cc/c([nH]2)=C(\c2ccccc2)c2ccc/1[nH]2. The molecule has 7 rings (SSSR count). The van der Waals surface area contributed by atoms with Crippen molar-refractivity contribution in [2.24, 2.45) is 0 Å². The lowest BCUT2D eigenvalue weighted by atomic mass is 10.0. The Morgan fingerprint density at radius 1 is 0.361 bits per heavy atom. The molecule has 0 saturated carbocycles. The molecule has 6 aromatic rings. The van der Waals surface area contributed by atoms with Crippen molar-refractivity contribution in [1.82, 2.24) is 19.9 Å². The normalized spacial score (nSPS) is 17.7. The summed E-state index contributed by atoms with van der Waals surface area (Å²) in [7, 11) is 0. The fraction of sp³-hybridized carbons (Fsp3) is 0. The van der Waals surface area contributed by atoms with Crippen LogP contribution in [0, 0.1) is 0 Å². The Kier molecular flexibility index (Phi) is 4.74. The van der Waals surface area contributed by atoms with Crippen LogP contribution in [0.15, 0.2) is 109 Å². The molecule has 4 aromatic heterocycles. The molecule has 0 saturated heterocycles. The molecule has 0 amide bonds. The molecule has 0 aliphatic carbocycles. The van der Waals surface area contributed by atoms with Gasteiger partial charge in [-0.05, 0) is 71.8 Å². The summed E-state index contributed by atoms with van der Waals surface area (Å²) in [6.45, 7) is 0. The summed E-state index contributed by atoms with van der Waals surface area (Å²) in [5, 5.41) is 4.22. The lowest BCUT2D eigenvalue weighted by molar-refractivity contribution is 1.21. The van der Waals surface area contributed by atoms with E-state index in [0.29, 0.717) is 0 Å². The van der Waals surface area contributed by atoms with Gasteiger partial charge in [-0.2, -0.15) is 0 Å². The molecule has 8 bridgehead atoms. The number of fused-ring (bicyclic) bond motifs is 8. The summed E-state index contributed by atoms with van der Waals surface area (Å²) in [4.78, 5) is 14.5. The van der Waals surface area contributed by atoms with Gasteiger partial charge in [0.2, 0.25) is 0 Å². The third kappa shape index (κ3) is 3.65. The molecular formula is C32H24N4. The second-order valence-corrected chi connectivity index (χ2v) is 9.08. The minimum Gasteiger partial charge on any atom is -0.355 e. The van der Waals surface area contributed by atoms with Gasteiger partial charge in [-0.15, -0.1) is 0 Å². The zero-order chi connectivity index (χ0) is 23.9. The number of H-pyrrole nitrogens is 4. The van der Waals surface area contributed by atoms with Crippen molar-refractivity contribution >= 4 is 23.3 Å². The Balaban J connectivity index is 1.54. The topological polar surface area (TPSA) is 63.2 Å². The number of aromatic nitrogens is 4. The third-order valence-corrected chi connectivity index (χ3v) is 6.66. The van der Waals surface area contributed by atoms with Crippen LogP contribution in [0.4, 0.5) is 0 Å². The maximum absolute atomic E-state index is 3.63. The molecule has 4 N–H and O–H groups in total. The van der Waals surface area contributed by atoms with E-state index in [-0.39, 0.29) is 0 Å². The molecule has 0 fully saturated rings. The predicted molar refractivity (Wildman–Crippen MR) is 145 cm³/mol. The summed E-state index contributed by atoms with van der Waals surface area (Å²) >= 11 is 0. The van der Waals surface area contributed by atoms with Gasteiger partial charge < -0.3 is 19.9 Å². The Hall–Kier alpha value is -4.96. The van der Waals surface area contributed by atoms with E-state index in [1.54, 1.807) is 0 Å². The number of nitrogens with one attached hydrogen (secondary N) is 4. The predicted octanol–water partition coefficient (Wildman–Crippen LogP) is 3.46. The number of aromatic amines is 4. The second-order valence-electron chi connectivity index (χ2n) is 9.08. The quantitative estimate of drug-likeness (QED) is 0.303. The van der Waals surface area contributed by atoms with Crippen molar-refractivity contribution in [2.75, 3.05) is 0 Å². The summed E-state index contributed by atoms with van der Waals surface area (Å²) in [6, 6.07) is 38.1. The van der Waals surface area contributed by atoms with Gasteiger partial charge in [-0.3, -0.25) is 0 Å². The highest BCUT2D eigenvalue weighted by atomic mass is 14.8. The number of hydrogen-bond acceptors (Lipinski definition) is 0. The molecule has 0 atom stereocenters. The van der Waals surface area contributed by atoms with Crippen LogP contribution in [0.3, 0.4) is 0 Å². The summed E-state index contributed by atoms with van der Waals surface area (Å²) in [5.41, 5.74) is 8.82. The highest BCUT2D eigenvalue weighted by Crippen LogP contribution is 2.21. The van der Waals surface area contributed by atoms with Crippen LogP contribution in [0.2, 0.25) is 0 Å². The number of rotatable bonds is 2. The van der Waals surface area contributed by atoms with E-state index in [2.05, 4.69) is 129 Å². The Bertz CT molecular complexity index is 1780. The first-order valence-electron chi connectivity index (χ1n) is 12.1. The number of benzene rings is 2. The van der Waals surface area contributed by atoms with Gasteiger partial charge >= 0.3 is 0 Å². The molecule has 1 aliphatic rings. The molecule has 36 heavy (non-hydrogen) atoms. The molecule has 1 aliphatic heterocycles. The molecule has 0 radical (unpaired) electrons. The van der Waals surface area contributed by atoms with E-state index in [0.717, 1.165) is 66.4 Å². The fourth-order valence-electron chi connectivity index (χ4n) is 5.02. The highest BCUT2D eigenvalue weighted by molar-refractivity contribution is 5.79. The molecule has 4 nitrogen and oxygen atoms in total. The Morgan fingerprint density at radius 2 is 0.806 bits per heavy atom. The van der Waals surface area contributed by atoms with Crippen molar-refractivity contribution < 1.29 is 0 Å². The molecule has 5 heterocycles. The van der Waals surface area contributed by atoms with Crippen molar-refractivity contribution in [3.05, 3.63) is 164 Å². The van der Waals surface area contributed by atoms with Gasteiger partial charge in [0.05, 0.1) is 0 Å². The zero-order valence-electron chi connectivity index (χ0n) is 19.5. The van der Waals surface area contributed by atoms with Gasteiger partial charge in [0, 0.05) is 55.3 Å². The third-order valence-electron chi connectivity index (χ3n) is 6.66. The van der Waals surface area contributed by atoms with Crippen molar-refractivity contribution in [3.63, 3.8) is 0 Å². The van der Waals surface area contributed by atoms with Crippen molar-refractivity contribution in [1.29, 1.82) is 0 Å². The van der Waals surface area contributed by atoms with Gasteiger partial charge in [-0.1, -0.05) is 60.7 Å². The smallest absolute Gasteiger partial charge is 0.0485 e. The van der Waals surface area contributed by atoms with Crippen molar-refractivity contribution in [2.45, 2.75) is 0 Å². The van der Waals surface area contributed by atoms with Crippen LogP contribution < -0.4 is 21.4 Å². The van der Waals surface area contributed by atoms with Crippen LogP contribution >= 0.6 is 0 Å². The summed E-state index contributed by atoms with van der Waals surface area (Å²) < 4.78 is 0. The molecule has 0 unspecified atom stereocenters.